The van der Waals surface area contributed by atoms with Crippen LogP contribution in [0.15, 0.2) is 41.1 Å². The van der Waals surface area contributed by atoms with Crippen LogP contribution in [0, 0.1) is 6.92 Å². The number of nitrogens with zero attached hydrogens (tertiary/aromatic N) is 3. The van der Waals surface area contributed by atoms with E-state index >= 15 is 0 Å². The zero-order chi connectivity index (χ0) is 17.1. The lowest BCUT2D eigenvalue weighted by atomic mass is 10.2. The summed E-state index contributed by atoms with van der Waals surface area (Å²) in [5.74, 6) is 2.05. The largest absolute Gasteiger partial charge is 0.438 e. The molecule has 0 saturated heterocycles. The molecule has 0 aliphatic rings. The molecular formula is C16H14Cl2N4O2. The Balaban J connectivity index is 1.67. The van der Waals surface area contributed by atoms with E-state index in [0.29, 0.717) is 33.4 Å². The first kappa shape index (κ1) is 16.5. The third-order valence-corrected chi connectivity index (χ3v) is 3.62. The zero-order valence-electron chi connectivity index (χ0n) is 13.0. The highest BCUT2D eigenvalue weighted by atomic mass is 35.5. The van der Waals surface area contributed by atoms with Crippen LogP contribution in [0.4, 0.5) is 5.69 Å². The van der Waals surface area contributed by atoms with Crippen molar-refractivity contribution in [2.45, 2.75) is 19.9 Å². The van der Waals surface area contributed by atoms with Crippen LogP contribution in [0.5, 0.6) is 11.6 Å². The molecule has 1 aromatic carbocycles. The number of halogens is 2. The molecule has 0 aliphatic carbocycles. The van der Waals surface area contributed by atoms with Gasteiger partial charge in [-0.1, -0.05) is 28.4 Å². The molecule has 6 nitrogen and oxygen atoms in total. The molecule has 0 saturated carbocycles. The van der Waals surface area contributed by atoms with Gasteiger partial charge in [0.1, 0.15) is 16.8 Å². The molecular weight excluding hydrogens is 351 g/mol. The van der Waals surface area contributed by atoms with Gasteiger partial charge in [-0.2, -0.15) is 4.98 Å². The highest BCUT2D eigenvalue weighted by Gasteiger charge is 2.12. The molecule has 0 bridgehead atoms. The lowest BCUT2D eigenvalue weighted by Gasteiger charge is -2.12. The second-order valence-electron chi connectivity index (χ2n) is 5.11. The number of anilines is 1. The topological polar surface area (TPSA) is 73.1 Å². The smallest absolute Gasteiger partial charge is 0.248 e. The number of aryl methyl sites for hydroxylation is 1. The number of aromatic nitrogens is 3. The molecule has 3 aromatic rings. The molecule has 1 atom stereocenters. The minimum absolute atomic E-state index is 0.106. The fourth-order valence-corrected chi connectivity index (χ4v) is 2.43. The first-order valence-electron chi connectivity index (χ1n) is 7.17. The Hall–Kier alpha value is -2.31. The van der Waals surface area contributed by atoms with Crippen LogP contribution < -0.4 is 10.1 Å². The molecule has 24 heavy (non-hydrogen) atoms. The van der Waals surface area contributed by atoms with Crippen LogP contribution in [-0.2, 0) is 0 Å². The number of ether oxygens (including phenoxy) is 1. The average Bonchev–Trinajstić information content (AvgIpc) is 2.98. The molecule has 2 aromatic heterocycles. The standard InChI is InChI=1S/C16H14Cl2N4O2/c1-9(15-21-10(2)22-24-15)20-12-3-5-13(6-4-12)23-16-14(18)7-11(17)8-19-16/h3-9,20H,1-2H3. The maximum atomic E-state index is 6.04. The van der Waals surface area contributed by atoms with Crippen LogP contribution >= 0.6 is 23.2 Å². The van der Waals surface area contributed by atoms with Crippen molar-refractivity contribution in [2.24, 2.45) is 0 Å². The van der Waals surface area contributed by atoms with Crippen molar-refractivity contribution in [3.63, 3.8) is 0 Å². The SMILES string of the molecule is Cc1noc(C(C)Nc2ccc(Oc3ncc(Cl)cc3Cl)cc2)n1. The molecule has 2 heterocycles. The molecule has 0 amide bonds. The first-order valence-corrected chi connectivity index (χ1v) is 7.92. The van der Waals surface area contributed by atoms with Crippen LogP contribution in [-0.4, -0.2) is 15.1 Å². The number of pyridine rings is 1. The Morgan fingerprint density at radius 1 is 1.21 bits per heavy atom. The number of benzene rings is 1. The molecule has 3 rings (SSSR count). The minimum atomic E-state index is -0.106. The monoisotopic (exact) mass is 364 g/mol. The molecule has 8 heteroatoms. The summed E-state index contributed by atoms with van der Waals surface area (Å²) in [6.45, 7) is 3.72. The van der Waals surface area contributed by atoms with E-state index in [0.717, 1.165) is 5.69 Å². The predicted octanol–water partition coefficient (Wildman–Crippen LogP) is 5.05. The Morgan fingerprint density at radius 3 is 2.58 bits per heavy atom. The summed E-state index contributed by atoms with van der Waals surface area (Å²) in [6.07, 6.45) is 1.48. The highest BCUT2D eigenvalue weighted by molar-refractivity contribution is 6.35. The third kappa shape index (κ3) is 3.96. The summed E-state index contributed by atoms with van der Waals surface area (Å²) in [7, 11) is 0. The van der Waals surface area contributed by atoms with E-state index in [4.69, 9.17) is 32.5 Å². The van der Waals surface area contributed by atoms with Gasteiger partial charge >= 0.3 is 0 Å². The van der Waals surface area contributed by atoms with Gasteiger partial charge in [-0.25, -0.2) is 4.98 Å². The lowest BCUT2D eigenvalue weighted by Crippen LogP contribution is -2.06. The molecule has 0 radical (unpaired) electrons. The van der Waals surface area contributed by atoms with Gasteiger partial charge in [0.05, 0.1) is 5.02 Å². The van der Waals surface area contributed by atoms with Crippen LogP contribution in [0.2, 0.25) is 10.0 Å². The normalized spacial score (nSPS) is 12.0. The summed E-state index contributed by atoms with van der Waals surface area (Å²) in [6, 6.07) is 8.83. The molecule has 124 valence electrons. The molecule has 0 aliphatic heterocycles. The van der Waals surface area contributed by atoms with Gasteiger partial charge in [-0.05, 0) is 44.2 Å². The van der Waals surface area contributed by atoms with Gasteiger partial charge < -0.3 is 14.6 Å². The molecule has 1 N–H and O–H groups in total. The fraction of sp³-hybridized carbons (Fsp3) is 0.188. The maximum Gasteiger partial charge on any atom is 0.248 e. The van der Waals surface area contributed by atoms with Crippen molar-refractivity contribution >= 4 is 28.9 Å². The van der Waals surface area contributed by atoms with Crippen molar-refractivity contribution in [3.05, 3.63) is 58.3 Å². The summed E-state index contributed by atoms with van der Waals surface area (Å²) in [4.78, 5) is 8.25. The van der Waals surface area contributed by atoms with Gasteiger partial charge in [0, 0.05) is 11.9 Å². The van der Waals surface area contributed by atoms with Crippen LogP contribution in [0.3, 0.4) is 0 Å². The maximum absolute atomic E-state index is 6.04. The van der Waals surface area contributed by atoms with Gasteiger partial charge in [0.2, 0.25) is 11.8 Å². The summed E-state index contributed by atoms with van der Waals surface area (Å²) >= 11 is 11.9. The van der Waals surface area contributed by atoms with E-state index < -0.39 is 0 Å². The summed E-state index contributed by atoms with van der Waals surface area (Å²) in [5.41, 5.74) is 0.890. The number of hydrogen-bond donors (Lipinski definition) is 1. The second kappa shape index (κ2) is 7.07. The third-order valence-electron chi connectivity index (χ3n) is 3.14. The van der Waals surface area contributed by atoms with Gasteiger partial charge in [0.15, 0.2) is 5.82 Å². The summed E-state index contributed by atoms with van der Waals surface area (Å²) < 4.78 is 10.8. The number of rotatable bonds is 5. The fourth-order valence-electron chi connectivity index (χ4n) is 2.01. The van der Waals surface area contributed by atoms with E-state index in [9.17, 15) is 0 Å². The van der Waals surface area contributed by atoms with Gasteiger partial charge in [-0.3, -0.25) is 0 Å². The lowest BCUT2D eigenvalue weighted by molar-refractivity contribution is 0.364. The van der Waals surface area contributed by atoms with Gasteiger partial charge in [-0.15, -0.1) is 0 Å². The minimum Gasteiger partial charge on any atom is -0.438 e. The molecule has 0 fully saturated rings. The van der Waals surface area contributed by atoms with E-state index in [-0.39, 0.29) is 6.04 Å². The van der Waals surface area contributed by atoms with E-state index in [1.807, 2.05) is 19.1 Å². The van der Waals surface area contributed by atoms with E-state index in [1.54, 1.807) is 25.1 Å². The summed E-state index contributed by atoms with van der Waals surface area (Å²) in [5, 5.41) is 7.86. The van der Waals surface area contributed by atoms with Crippen molar-refractivity contribution in [1.82, 2.24) is 15.1 Å². The quantitative estimate of drug-likeness (QED) is 0.683. The Labute approximate surface area is 148 Å². The van der Waals surface area contributed by atoms with Crippen LogP contribution in [0.25, 0.3) is 0 Å². The molecule has 0 spiro atoms. The number of hydrogen-bond acceptors (Lipinski definition) is 6. The predicted molar refractivity (Wildman–Crippen MR) is 91.8 cm³/mol. The highest BCUT2D eigenvalue weighted by Crippen LogP contribution is 2.30. The average molecular weight is 365 g/mol. The van der Waals surface area contributed by atoms with Crippen LogP contribution in [0.1, 0.15) is 24.7 Å². The zero-order valence-corrected chi connectivity index (χ0v) is 14.5. The second-order valence-corrected chi connectivity index (χ2v) is 5.96. The van der Waals surface area contributed by atoms with Gasteiger partial charge in [0.25, 0.3) is 0 Å². The van der Waals surface area contributed by atoms with Crippen molar-refractivity contribution in [2.75, 3.05) is 5.32 Å². The Bertz CT molecular complexity index is 836. The van der Waals surface area contributed by atoms with Crippen molar-refractivity contribution in [1.29, 1.82) is 0 Å². The first-order chi connectivity index (χ1) is 11.5. The Morgan fingerprint density at radius 2 is 1.96 bits per heavy atom. The van der Waals surface area contributed by atoms with Crippen molar-refractivity contribution < 1.29 is 9.26 Å². The molecule has 1 unspecified atom stereocenters. The van der Waals surface area contributed by atoms with Crippen molar-refractivity contribution in [3.8, 4) is 11.6 Å². The van der Waals surface area contributed by atoms with E-state index in [2.05, 4.69) is 20.4 Å². The number of nitrogens with one attached hydrogen (secondary N) is 1. The van der Waals surface area contributed by atoms with E-state index in [1.165, 1.54) is 6.20 Å². The Kier molecular flexibility index (Phi) is 4.87.